The maximum Gasteiger partial charge on any atom is 0.203 e. The van der Waals surface area contributed by atoms with Gasteiger partial charge in [0.1, 0.15) is 5.76 Å². The maximum atomic E-state index is 12.6. The third-order valence-electron chi connectivity index (χ3n) is 5.49. The van der Waals surface area contributed by atoms with Crippen molar-refractivity contribution >= 4 is 35.2 Å². The minimum absolute atomic E-state index is 0.154. The summed E-state index contributed by atoms with van der Waals surface area (Å²) in [5, 5.41) is 3.53. The number of allylic oxidation sites excluding steroid dienone is 4. The van der Waals surface area contributed by atoms with Gasteiger partial charge >= 0.3 is 0 Å². The first kappa shape index (κ1) is 26.8. The van der Waals surface area contributed by atoms with E-state index < -0.39 is 0 Å². The van der Waals surface area contributed by atoms with Gasteiger partial charge in [0.15, 0.2) is 23.0 Å². The van der Waals surface area contributed by atoms with Crippen molar-refractivity contribution in [3.05, 3.63) is 76.2 Å². The summed E-state index contributed by atoms with van der Waals surface area (Å²) in [6.45, 7) is 0. The molecule has 190 valence electrons. The van der Waals surface area contributed by atoms with Crippen molar-refractivity contribution in [3.8, 4) is 23.0 Å². The topological polar surface area (TPSA) is 75.3 Å². The first-order chi connectivity index (χ1) is 17.4. The molecule has 2 aromatic rings. The molecule has 8 heteroatoms. The zero-order chi connectivity index (χ0) is 26.1. The highest BCUT2D eigenvalue weighted by Crippen LogP contribution is 2.39. The number of anilines is 1. The summed E-state index contributed by atoms with van der Waals surface area (Å²) in [5.74, 6) is 2.54. The quantitative estimate of drug-likeness (QED) is 0.280. The Hall–Kier alpha value is -3.84. The van der Waals surface area contributed by atoms with Gasteiger partial charge in [0, 0.05) is 12.3 Å². The zero-order valence-electron chi connectivity index (χ0n) is 21.0. The van der Waals surface area contributed by atoms with Crippen LogP contribution in [0, 0.1) is 0 Å². The molecular formula is C28H30ClNO6. The van der Waals surface area contributed by atoms with E-state index in [2.05, 4.69) is 5.32 Å². The first-order valence-corrected chi connectivity index (χ1v) is 11.6. The van der Waals surface area contributed by atoms with Gasteiger partial charge < -0.3 is 29.0 Å². The van der Waals surface area contributed by atoms with Crippen LogP contribution < -0.4 is 24.3 Å². The van der Waals surface area contributed by atoms with E-state index in [1.807, 2.05) is 42.5 Å². The average molecular weight is 512 g/mol. The second kappa shape index (κ2) is 12.7. The summed E-state index contributed by atoms with van der Waals surface area (Å²) >= 11 is 6.47. The summed E-state index contributed by atoms with van der Waals surface area (Å²) in [4.78, 5) is 12.6. The molecule has 36 heavy (non-hydrogen) atoms. The van der Waals surface area contributed by atoms with E-state index in [0.29, 0.717) is 45.0 Å². The Balaban J connectivity index is 1.84. The number of ether oxygens (including phenoxy) is 5. The van der Waals surface area contributed by atoms with Crippen LogP contribution in [0.15, 0.2) is 60.0 Å². The standard InChI is InChI=1S/C28H30ClNO6/c1-32-24-9-7-6-8-20(24)23(31)12-13-30-22-15-18(14-21(29)27(22)35-4)10-11-19-16-25(33-2)28(36-5)26(17-19)34-3/h8-17,30H,6-7H2,1-5H3/b11-10-,13-12-. The van der Waals surface area contributed by atoms with Crippen LogP contribution in [-0.2, 0) is 9.53 Å². The molecule has 0 bridgehead atoms. The van der Waals surface area contributed by atoms with Gasteiger partial charge in [0.05, 0.1) is 51.8 Å². The molecule has 0 atom stereocenters. The van der Waals surface area contributed by atoms with Gasteiger partial charge in [-0.2, -0.15) is 0 Å². The highest BCUT2D eigenvalue weighted by atomic mass is 35.5. The summed E-state index contributed by atoms with van der Waals surface area (Å²) in [6.07, 6.45) is 12.3. The Morgan fingerprint density at radius 3 is 2.00 bits per heavy atom. The van der Waals surface area contributed by atoms with E-state index >= 15 is 0 Å². The lowest BCUT2D eigenvalue weighted by molar-refractivity contribution is -0.111. The summed E-state index contributed by atoms with van der Waals surface area (Å²) < 4.78 is 27.0. The fourth-order valence-corrected chi connectivity index (χ4v) is 4.09. The molecule has 0 aromatic heterocycles. The second-order valence-corrected chi connectivity index (χ2v) is 8.09. The van der Waals surface area contributed by atoms with Crippen molar-refractivity contribution in [1.29, 1.82) is 0 Å². The van der Waals surface area contributed by atoms with Crippen LogP contribution in [-0.4, -0.2) is 41.3 Å². The van der Waals surface area contributed by atoms with Gasteiger partial charge in [-0.25, -0.2) is 0 Å². The van der Waals surface area contributed by atoms with Gasteiger partial charge in [-0.1, -0.05) is 29.8 Å². The monoisotopic (exact) mass is 511 g/mol. The highest BCUT2D eigenvalue weighted by Gasteiger charge is 2.16. The molecule has 0 radical (unpaired) electrons. The molecule has 0 amide bonds. The van der Waals surface area contributed by atoms with Gasteiger partial charge in [0.2, 0.25) is 5.75 Å². The largest absolute Gasteiger partial charge is 0.496 e. The van der Waals surface area contributed by atoms with E-state index in [1.54, 1.807) is 40.7 Å². The van der Waals surface area contributed by atoms with E-state index in [9.17, 15) is 4.79 Å². The first-order valence-electron chi connectivity index (χ1n) is 11.2. The Bertz CT molecular complexity index is 1200. The molecule has 7 nitrogen and oxygen atoms in total. The molecule has 1 aliphatic carbocycles. The molecule has 0 saturated heterocycles. The summed E-state index contributed by atoms with van der Waals surface area (Å²) in [6, 6.07) is 7.35. The summed E-state index contributed by atoms with van der Waals surface area (Å²) in [7, 11) is 7.80. The van der Waals surface area contributed by atoms with Crippen molar-refractivity contribution in [1.82, 2.24) is 0 Å². The van der Waals surface area contributed by atoms with Gasteiger partial charge in [-0.3, -0.25) is 4.79 Å². The van der Waals surface area contributed by atoms with Crippen LogP contribution in [0.1, 0.15) is 24.0 Å². The molecule has 0 spiro atoms. The second-order valence-electron chi connectivity index (χ2n) is 7.69. The SMILES string of the molecule is COC1=CCCC=C1C(=O)/C=C\Nc1cc(/C=C\c2cc(OC)c(OC)c(OC)c2)cc(Cl)c1OC. The van der Waals surface area contributed by atoms with Crippen LogP contribution >= 0.6 is 11.6 Å². The third kappa shape index (κ3) is 6.23. The van der Waals surface area contributed by atoms with Crippen molar-refractivity contribution in [2.45, 2.75) is 12.8 Å². The van der Waals surface area contributed by atoms with Crippen molar-refractivity contribution in [2.75, 3.05) is 40.9 Å². The number of halogens is 1. The number of methoxy groups -OCH3 is 5. The Morgan fingerprint density at radius 2 is 1.42 bits per heavy atom. The molecule has 0 unspecified atom stereocenters. The number of rotatable bonds is 11. The van der Waals surface area contributed by atoms with Crippen LogP contribution in [0.25, 0.3) is 12.2 Å². The Morgan fingerprint density at radius 1 is 0.806 bits per heavy atom. The van der Waals surface area contributed by atoms with Crippen molar-refractivity contribution in [3.63, 3.8) is 0 Å². The fourth-order valence-electron chi connectivity index (χ4n) is 3.78. The van der Waals surface area contributed by atoms with Crippen LogP contribution in [0.3, 0.4) is 0 Å². The number of benzene rings is 2. The lowest BCUT2D eigenvalue weighted by atomic mass is 10.0. The maximum absolute atomic E-state index is 12.6. The number of hydrogen-bond donors (Lipinski definition) is 1. The third-order valence-corrected chi connectivity index (χ3v) is 5.78. The molecule has 1 N–H and O–H groups in total. The zero-order valence-corrected chi connectivity index (χ0v) is 21.8. The molecule has 1 aliphatic rings. The highest BCUT2D eigenvalue weighted by molar-refractivity contribution is 6.32. The lowest BCUT2D eigenvalue weighted by Crippen LogP contribution is -2.07. The lowest BCUT2D eigenvalue weighted by Gasteiger charge is -2.13. The van der Waals surface area contributed by atoms with E-state index in [0.717, 1.165) is 24.0 Å². The van der Waals surface area contributed by atoms with E-state index in [-0.39, 0.29) is 5.78 Å². The number of carbonyl (C=O) groups excluding carboxylic acids is 1. The molecule has 3 rings (SSSR count). The molecular weight excluding hydrogens is 482 g/mol. The van der Waals surface area contributed by atoms with Crippen LogP contribution in [0.5, 0.6) is 23.0 Å². The molecule has 0 fully saturated rings. The number of hydrogen-bond acceptors (Lipinski definition) is 7. The van der Waals surface area contributed by atoms with Gasteiger partial charge in [0.25, 0.3) is 0 Å². The smallest absolute Gasteiger partial charge is 0.203 e. The fraction of sp³-hybridized carbons (Fsp3) is 0.250. The molecule has 0 heterocycles. The van der Waals surface area contributed by atoms with Crippen molar-refractivity contribution in [2.24, 2.45) is 0 Å². The summed E-state index contributed by atoms with van der Waals surface area (Å²) in [5.41, 5.74) is 2.82. The van der Waals surface area contributed by atoms with Crippen molar-refractivity contribution < 1.29 is 28.5 Å². The van der Waals surface area contributed by atoms with Crippen LogP contribution in [0.4, 0.5) is 5.69 Å². The number of nitrogens with one attached hydrogen (secondary N) is 1. The van der Waals surface area contributed by atoms with Crippen LogP contribution in [0.2, 0.25) is 5.02 Å². The average Bonchev–Trinajstić information content (AvgIpc) is 2.90. The Labute approximate surface area is 216 Å². The predicted molar refractivity (Wildman–Crippen MR) is 143 cm³/mol. The van der Waals surface area contributed by atoms with E-state index in [4.69, 9.17) is 35.3 Å². The minimum atomic E-state index is -0.154. The van der Waals surface area contributed by atoms with Gasteiger partial charge in [-0.15, -0.1) is 0 Å². The minimum Gasteiger partial charge on any atom is -0.496 e. The Kier molecular flexibility index (Phi) is 9.47. The van der Waals surface area contributed by atoms with Gasteiger partial charge in [-0.05, 0) is 54.3 Å². The number of ketones is 1. The predicted octanol–water partition coefficient (Wildman–Crippen LogP) is 6.29. The normalized spacial score (nSPS) is 13.3. The molecule has 0 saturated carbocycles. The molecule has 0 aliphatic heterocycles. The molecule has 2 aromatic carbocycles. The van der Waals surface area contributed by atoms with E-state index in [1.165, 1.54) is 13.2 Å². The number of carbonyl (C=O) groups is 1.